The number of rotatable bonds is 8. The lowest BCUT2D eigenvalue weighted by molar-refractivity contribution is 0.0692. The lowest BCUT2D eigenvalue weighted by Gasteiger charge is -2.12. The Bertz CT molecular complexity index is 582. The van der Waals surface area contributed by atoms with Crippen LogP contribution in [0, 0.1) is 0 Å². The number of nitrogens with zero attached hydrogens (tertiary/aromatic N) is 1. The first-order valence-corrected chi connectivity index (χ1v) is 8.35. The van der Waals surface area contributed by atoms with Gasteiger partial charge < -0.3 is 10.1 Å². The van der Waals surface area contributed by atoms with Crippen LogP contribution in [0.4, 0.5) is 0 Å². The van der Waals surface area contributed by atoms with Crippen molar-refractivity contribution in [3.8, 4) is 0 Å². The molecule has 1 aromatic heterocycles. The van der Waals surface area contributed by atoms with Crippen LogP contribution in [0.2, 0.25) is 0 Å². The highest BCUT2D eigenvalue weighted by Crippen LogP contribution is 2.18. The van der Waals surface area contributed by atoms with Gasteiger partial charge in [0.25, 0.3) is 5.91 Å². The van der Waals surface area contributed by atoms with Crippen molar-refractivity contribution in [3.05, 3.63) is 11.4 Å². The fourth-order valence-corrected chi connectivity index (χ4v) is 2.81. The summed E-state index contributed by atoms with van der Waals surface area (Å²) >= 11 is 0. The van der Waals surface area contributed by atoms with E-state index in [2.05, 4.69) is 15.5 Å². The van der Waals surface area contributed by atoms with E-state index in [1.54, 1.807) is 6.92 Å². The van der Waals surface area contributed by atoms with Gasteiger partial charge in [-0.2, -0.15) is 5.10 Å². The molecule has 0 aliphatic heterocycles. The molecule has 0 saturated heterocycles. The van der Waals surface area contributed by atoms with Crippen LogP contribution in [0.1, 0.15) is 43.4 Å². The van der Waals surface area contributed by atoms with E-state index in [0.717, 1.165) is 0 Å². The van der Waals surface area contributed by atoms with Gasteiger partial charge in [0.2, 0.25) is 10.0 Å². The molecule has 0 spiro atoms. The van der Waals surface area contributed by atoms with Crippen LogP contribution in [0.3, 0.4) is 0 Å². The van der Waals surface area contributed by atoms with Gasteiger partial charge in [0, 0.05) is 13.2 Å². The smallest absolute Gasteiger partial charge is 0.273 e. The summed E-state index contributed by atoms with van der Waals surface area (Å²) in [5.74, 6) is -0.593. The summed E-state index contributed by atoms with van der Waals surface area (Å²) in [6.45, 7) is 6.33. The van der Waals surface area contributed by atoms with Gasteiger partial charge in [-0.15, -0.1) is 0 Å². The fraction of sp³-hybridized carbons (Fsp3) is 0.667. The molecule has 0 aromatic carbocycles. The average molecular weight is 318 g/mol. The fourth-order valence-electron chi connectivity index (χ4n) is 1.91. The predicted molar refractivity (Wildman–Crippen MR) is 77.4 cm³/mol. The molecule has 1 rings (SSSR count). The molecule has 9 heteroatoms. The number of aromatic nitrogens is 2. The van der Waals surface area contributed by atoms with E-state index in [9.17, 15) is 13.2 Å². The summed E-state index contributed by atoms with van der Waals surface area (Å²) in [7, 11) is -4.02. The molecule has 1 atom stereocenters. The van der Waals surface area contributed by atoms with E-state index in [1.807, 2.05) is 13.8 Å². The first kappa shape index (κ1) is 17.6. The van der Waals surface area contributed by atoms with Crippen molar-refractivity contribution in [3.63, 3.8) is 0 Å². The number of carbonyl (C=O) groups is 1. The number of nitrogens with two attached hydrogens (primary N) is 1. The second-order valence-corrected chi connectivity index (χ2v) is 6.15. The van der Waals surface area contributed by atoms with E-state index in [-0.39, 0.29) is 23.2 Å². The maximum Gasteiger partial charge on any atom is 0.273 e. The molecule has 1 aromatic rings. The monoisotopic (exact) mass is 318 g/mol. The van der Waals surface area contributed by atoms with Crippen molar-refractivity contribution < 1.29 is 17.9 Å². The minimum Gasteiger partial charge on any atom is -0.377 e. The normalized spacial score (nSPS) is 13.1. The number of hydrogen-bond acceptors (Lipinski definition) is 5. The number of sulfonamides is 1. The quantitative estimate of drug-likeness (QED) is 0.629. The molecule has 8 nitrogen and oxygen atoms in total. The van der Waals surface area contributed by atoms with Crippen LogP contribution in [-0.4, -0.2) is 43.8 Å². The second-order valence-electron chi connectivity index (χ2n) is 4.65. The average Bonchev–Trinajstić information content (AvgIpc) is 2.80. The van der Waals surface area contributed by atoms with E-state index < -0.39 is 15.9 Å². The number of nitrogens with one attached hydrogen (secondary N) is 2. The van der Waals surface area contributed by atoms with Crippen LogP contribution >= 0.6 is 0 Å². The predicted octanol–water partition coefficient (Wildman–Crippen LogP) is 0.164. The molecule has 1 unspecified atom stereocenters. The summed E-state index contributed by atoms with van der Waals surface area (Å²) < 4.78 is 28.6. The number of hydrogen-bond donors (Lipinski definition) is 3. The van der Waals surface area contributed by atoms with Gasteiger partial charge in [0.05, 0.1) is 11.8 Å². The van der Waals surface area contributed by atoms with Crippen molar-refractivity contribution in [2.24, 2.45) is 5.14 Å². The van der Waals surface area contributed by atoms with Gasteiger partial charge in [-0.1, -0.05) is 13.3 Å². The molecule has 0 bridgehead atoms. The van der Waals surface area contributed by atoms with Gasteiger partial charge >= 0.3 is 0 Å². The Balaban J connectivity index is 2.94. The van der Waals surface area contributed by atoms with Crippen LogP contribution in [0.5, 0.6) is 0 Å². The molecule has 21 heavy (non-hydrogen) atoms. The van der Waals surface area contributed by atoms with Crippen LogP contribution < -0.4 is 10.5 Å². The summed E-state index contributed by atoms with van der Waals surface area (Å²) in [5.41, 5.74) is 0.146. The Morgan fingerprint density at radius 1 is 1.48 bits per heavy atom. The van der Waals surface area contributed by atoms with Crippen molar-refractivity contribution in [1.29, 1.82) is 0 Å². The summed E-state index contributed by atoms with van der Waals surface area (Å²) in [4.78, 5) is 11.8. The highest BCUT2D eigenvalue weighted by Gasteiger charge is 2.27. The lowest BCUT2D eigenvalue weighted by Crippen LogP contribution is -2.33. The Labute approximate surface area is 124 Å². The molecule has 120 valence electrons. The van der Waals surface area contributed by atoms with Gasteiger partial charge in [-0.05, 0) is 20.3 Å². The first-order chi connectivity index (χ1) is 9.81. The van der Waals surface area contributed by atoms with Crippen molar-refractivity contribution in [2.45, 2.75) is 44.6 Å². The minimum absolute atomic E-state index is 0.175. The molecule has 4 N–H and O–H groups in total. The van der Waals surface area contributed by atoms with E-state index in [4.69, 9.17) is 9.88 Å². The van der Waals surface area contributed by atoms with Gasteiger partial charge in [-0.3, -0.25) is 9.89 Å². The molecule has 1 heterocycles. The van der Waals surface area contributed by atoms with E-state index >= 15 is 0 Å². The molecule has 0 radical (unpaired) electrons. The lowest BCUT2D eigenvalue weighted by atomic mass is 10.2. The van der Waals surface area contributed by atoms with Crippen molar-refractivity contribution in [1.82, 2.24) is 15.5 Å². The molecule has 0 aliphatic carbocycles. The maximum atomic E-state index is 12.1. The number of aryl methyl sites for hydroxylation is 1. The molecule has 0 aliphatic rings. The maximum absolute atomic E-state index is 12.1. The summed E-state index contributed by atoms with van der Waals surface area (Å²) in [6.07, 6.45) is 0.972. The third-order valence-electron chi connectivity index (χ3n) is 2.79. The van der Waals surface area contributed by atoms with Gasteiger partial charge in [0.1, 0.15) is 4.90 Å². The third-order valence-corrected chi connectivity index (χ3v) is 3.80. The van der Waals surface area contributed by atoms with Crippen LogP contribution in [0.15, 0.2) is 4.90 Å². The standard InChI is InChI=1S/C12H22N4O4S/c1-4-6-9-11(21(13,18)19)10(16-15-9)12(17)14-7-8(3)20-5-2/h8H,4-7H2,1-3H3,(H,14,17)(H,15,16)(H2,13,18,19). The third kappa shape index (κ3) is 4.80. The number of ether oxygens (including phenoxy) is 1. The Kier molecular flexibility index (Phi) is 6.31. The molecular formula is C12H22N4O4S. The zero-order chi connectivity index (χ0) is 16.0. The number of carbonyl (C=O) groups excluding carboxylic acids is 1. The Morgan fingerprint density at radius 3 is 2.67 bits per heavy atom. The second kappa shape index (κ2) is 7.53. The number of H-pyrrole nitrogens is 1. The first-order valence-electron chi connectivity index (χ1n) is 6.81. The SMILES string of the molecule is CCCc1[nH]nc(C(=O)NCC(C)OCC)c1S(N)(=O)=O. The van der Waals surface area contributed by atoms with E-state index in [0.29, 0.717) is 25.1 Å². The Morgan fingerprint density at radius 2 is 2.14 bits per heavy atom. The molecule has 0 fully saturated rings. The van der Waals surface area contributed by atoms with Crippen LogP contribution in [0.25, 0.3) is 0 Å². The largest absolute Gasteiger partial charge is 0.377 e. The zero-order valence-corrected chi connectivity index (χ0v) is 13.3. The molecule has 0 saturated carbocycles. The van der Waals surface area contributed by atoms with Crippen LogP contribution in [-0.2, 0) is 21.2 Å². The molecule has 1 amide bonds. The topological polar surface area (TPSA) is 127 Å². The summed E-state index contributed by atoms with van der Waals surface area (Å²) in [5, 5.41) is 14.1. The highest BCUT2D eigenvalue weighted by atomic mass is 32.2. The Hall–Kier alpha value is -1.45. The number of amides is 1. The molecular weight excluding hydrogens is 296 g/mol. The summed E-state index contributed by atoms with van der Waals surface area (Å²) in [6, 6.07) is 0. The van der Waals surface area contributed by atoms with Gasteiger partial charge in [0.15, 0.2) is 5.69 Å². The number of primary sulfonamides is 1. The highest BCUT2D eigenvalue weighted by molar-refractivity contribution is 7.89. The van der Waals surface area contributed by atoms with E-state index in [1.165, 1.54) is 0 Å². The zero-order valence-electron chi connectivity index (χ0n) is 12.5. The van der Waals surface area contributed by atoms with Crippen molar-refractivity contribution >= 4 is 15.9 Å². The van der Waals surface area contributed by atoms with Gasteiger partial charge in [-0.25, -0.2) is 13.6 Å². The minimum atomic E-state index is -4.02. The number of aromatic amines is 1. The van der Waals surface area contributed by atoms with Crippen molar-refractivity contribution in [2.75, 3.05) is 13.2 Å².